The van der Waals surface area contributed by atoms with Crippen molar-refractivity contribution in [2.45, 2.75) is 13.0 Å². The van der Waals surface area contributed by atoms with E-state index >= 15 is 0 Å². The molecule has 27 heavy (non-hydrogen) atoms. The second-order valence-corrected chi connectivity index (χ2v) is 8.99. The highest BCUT2D eigenvalue weighted by Crippen LogP contribution is 2.63. The smallest absolute Gasteiger partial charge is 0.346 e. The predicted molar refractivity (Wildman–Crippen MR) is 103 cm³/mol. The number of nitrogens with one attached hydrogen (secondary N) is 1. The Morgan fingerprint density at radius 1 is 1.11 bits per heavy atom. The average Bonchev–Trinajstić information content (AvgIpc) is 3.54. The molecule has 0 aliphatic carbocycles. The van der Waals surface area contributed by atoms with Gasteiger partial charge in [-0.05, 0) is 36.8 Å². The van der Waals surface area contributed by atoms with Crippen molar-refractivity contribution >= 4 is 24.7 Å². The summed E-state index contributed by atoms with van der Waals surface area (Å²) in [5.41, 5.74) is 1.86. The van der Waals surface area contributed by atoms with E-state index in [1.807, 2.05) is 46.6 Å². The van der Waals surface area contributed by atoms with Gasteiger partial charge in [0.15, 0.2) is 0 Å². The zero-order valence-electron chi connectivity index (χ0n) is 14.9. The summed E-state index contributed by atoms with van der Waals surface area (Å²) in [6.45, 7) is 4.94. The summed E-state index contributed by atoms with van der Waals surface area (Å²) in [5.74, 6) is 0. The molecule has 1 unspecified atom stereocenters. The molecule has 0 bridgehead atoms. The first-order valence-corrected chi connectivity index (χ1v) is 10.4. The van der Waals surface area contributed by atoms with Gasteiger partial charge >= 0.3 is 7.67 Å². The highest BCUT2D eigenvalue weighted by molar-refractivity contribution is 7.54. The third-order valence-corrected chi connectivity index (χ3v) is 7.42. The van der Waals surface area contributed by atoms with Gasteiger partial charge in [0.25, 0.3) is 5.69 Å². The van der Waals surface area contributed by atoms with Crippen molar-refractivity contribution in [3.63, 3.8) is 0 Å². The molecule has 2 aromatic carbocycles. The quantitative estimate of drug-likeness (QED) is 0.314. The van der Waals surface area contributed by atoms with Gasteiger partial charge in [-0.1, -0.05) is 18.2 Å². The molecular weight excluding hydrogens is 367 g/mol. The van der Waals surface area contributed by atoms with Crippen molar-refractivity contribution < 1.29 is 14.0 Å². The van der Waals surface area contributed by atoms with Crippen LogP contribution in [0.3, 0.4) is 0 Å². The topological polar surface area (TPSA) is 87.5 Å². The van der Waals surface area contributed by atoms with Crippen molar-refractivity contribution in [3.05, 3.63) is 64.2 Å². The first-order valence-electron chi connectivity index (χ1n) is 8.87. The van der Waals surface area contributed by atoms with E-state index in [-0.39, 0.29) is 5.69 Å². The van der Waals surface area contributed by atoms with Gasteiger partial charge < -0.3 is 5.32 Å². The summed E-state index contributed by atoms with van der Waals surface area (Å²) in [4.78, 5) is 11.0. The number of hydrogen-bond donors (Lipinski definition) is 1. The summed E-state index contributed by atoms with van der Waals surface area (Å²) in [5, 5.41) is 14.5. The number of anilines is 2. The molecule has 1 atom stereocenters. The minimum Gasteiger partial charge on any atom is -0.350 e. The fraction of sp³-hybridized carbons (Fsp3) is 0.333. The summed E-state index contributed by atoms with van der Waals surface area (Å²) in [7, 11) is -2.96. The molecule has 0 radical (unpaired) electrons. The maximum absolute atomic E-state index is 13.2. The van der Waals surface area contributed by atoms with Gasteiger partial charge in [0.05, 0.1) is 11.0 Å². The van der Waals surface area contributed by atoms with E-state index in [1.54, 1.807) is 12.1 Å². The maximum Gasteiger partial charge on any atom is 0.346 e. The fourth-order valence-corrected chi connectivity index (χ4v) is 5.26. The lowest BCUT2D eigenvalue weighted by atomic mass is 10.1. The second-order valence-electron chi connectivity index (χ2n) is 6.67. The Hall–Kier alpha value is -2.25. The van der Waals surface area contributed by atoms with E-state index in [2.05, 4.69) is 5.32 Å². The Bertz CT molecular complexity index is 883. The van der Waals surface area contributed by atoms with Gasteiger partial charge in [0.2, 0.25) is 0 Å². The lowest BCUT2D eigenvalue weighted by Crippen LogP contribution is -2.11. The van der Waals surface area contributed by atoms with Crippen LogP contribution >= 0.6 is 7.67 Å². The second kappa shape index (κ2) is 7.05. The lowest BCUT2D eigenvalue weighted by Gasteiger charge is -2.24. The van der Waals surface area contributed by atoms with Gasteiger partial charge in [-0.25, -0.2) is 9.34 Å². The van der Waals surface area contributed by atoms with E-state index in [1.165, 1.54) is 6.07 Å². The van der Waals surface area contributed by atoms with Crippen molar-refractivity contribution in [2.24, 2.45) is 0 Å². The van der Waals surface area contributed by atoms with E-state index < -0.39 is 18.7 Å². The fourth-order valence-electron chi connectivity index (χ4n) is 2.92. The van der Waals surface area contributed by atoms with Crippen LogP contribution in [0.5, 0.6) is 0 Å². The molecule has 0 amide bonds. The molecule has 0 spiro atoms. The molecule has 2 fully saturated rings. The van der Waals surface area contributed by atoms with Crippen LogP contribution < -0.4 is 5.32 Å². The first-order chi connectivity index (χ1) is 13.0. The number of nitro benzene ring substituents is 1. The number of hydrogen-bond acceptors (Lipinski definition) is 5. The number of benzene rings is 2. The highest BCUT2D eigenvalue weighted by Gasteiger charge is 2.50. The van der Waals surface area contributed by atoms with Gasteiger partial charge in [-0.2, -0.15) is 0 Å². The molecule has 9 heteroatoms. The molecule has 2 aliphatic rings. The standard InChI is InChI=1S/C18H21N4O4P/c1-14(26-27(25,20-9-10-20)21-11-12-21)15-7-8-18(22(23)24)17(13-15)19-16-5-3-2-4-6-16/h2-8,13-14,19H,9-12H2,1H3. The van der Waals surface area contributed by atoms with Crippen LogP contribution in [0.15, 0.2) is 48.5 Å². The minimum atomic E-state index is -2.96. The molecule has 2 aliphatic heterocycles. The van der Waals surface area contributed by atoms with Crippen molar-refractivity contribution in [1.29, 1.82) is 0 Å². The largest absolute Gasteiger partial charge is 0.350 e. The molecule has 0 aromatic heterocycles. The SMILES string of the molecule is CC(OP(=O)(N1CC1)N1CC1)c1ccc([N+](=O)[O-])c(Nc2ccccc2)c1. The Morgan fingerprint density at radius 3 is 2.30 bits per heavy atom. The minimum absolute atomic E-state index is 0.0186. The zero-order chi connectivity index (χ0) is 19.0. The average molecular weight is 388 g/mol. The van der Waals surface area contributed by atoms with Gasteiger partial charge in [-0.3, -0.25) is 19.2 Å². The summed E-state index contributed by atoms with van der Waals surface area (Å²) in [6, 6.07) is 14.1. The van der Waals surface area contributed by atoms with E-state index in [0.29, 0.717) is 5.69 Å². The van der Waals surface area contributed by atoms with Crippen molar-refractivity contribution in [3.8, 4) is 0 Å². The van der Waals surface area contributed by atoms with Gasteiger partial charge in [-0.15, -0.1) is 0 Å². The number of para-hydroxylation sites is 1. The zero-order valence-corrected chi connectivity index (χ0v) is 15.8. The first kappa shape index (κ1) is 18.1. The number of nitrogens with zero attached hydrogens (tertiary/aromatic N) is 3. The molecule has 4 rings (SSSR count). The molecule has 142 valence electrons. The van der Waals surface area contributed by atoms with E-state index in [9.17, 15) is 14.7 Å². The number of rotatable bonds is 8. The summed E-state index contributed by atoms with van der Waals surface area (Å²) >= 11 is 0. The molecule has 1 N–H and O–H groups in total. The van der Waals surface area contributed by atoms with Crippen molar-refractivity contribution in [1.82, 2.24) is 9.34 Å². The van der Waals surface area contributed by atoms with Crippen LogP contribution in [0.1, 0.15) is 18.6 Å². The lowest BCUT2D eigenvalue weighted by molar-refractivity contribution is -0.383. The van der Waals surface area contributed by atoms with Crippen LogP contribution in [0.25, 0.3) is 0 Å². The molecular formula is C18H21N4O4P. The Kier molecular flexibility index (Phi) is 4.74. The summed E-state index contributed by atoms with van der Waals surface area (Å²) < 4.78 is 22.9. The van der Waals surface area contributed by atoms with Crippen LogP contribution in [0.2, 0.25) is 0 Å². The third kappa shape index (κ3) is 3.89. The number of nitro groups is 1. The predicted octanol–water partition coefficient (Wildman–Crippen LogP) is 4.16. The summed E-state index contributed by atoms with van der Waals surface area (Å²) in [6.07, 6.45) is -0.450. The maximum atomic E-state index is 13.2. The molecule has 2 heterocycles. The van der Waals surface area contributed by atoms with Crippen molar-refractivity contribution in [2.75, 3.05) is 31.5 Å². The normalized spacial score (nSPS) is 18.1. The van der Waals surface area contributed by atoms with E-state index in [4.69, 9.17) is 4.52 Å². The van der Waals surface area contributed by atoms with Gasteiger partial charge in [0, 0.05) is 37.9 Å². The monoisotopic (exact) mass is 388 g/mol. The van der Waals surface area contributed by atoms with Crippen LogP contribution in [-0.4, -0.2) is 40.4 Å². The third-order valence-electron chi connectivity index (χ3n) is 4.60. The molecule has 0 saturated carbocycles. The van der Waals surface area contributed by atoms with Gasteiger partial charge in [0.1, 0.15) is 5.69 Å². The van der Waals surface area contributed by atoms with Crippen LogP contribution in [0.4, 0.5) is 17.1 Å². The highest BCUT2D eigenvalue weighted by atomic mass is 31.2. The van der Waals surface area contributed by atoms with Crippen LogP contribution in [-0.2, 0) is 9.09 Å². The molecule has 8 nitrogen and oxygen atoms in total. The Labute approximate surface area is 157 Å². The Morgan fingerprint density at radius 2 is 1.74 bits per heavy atom. The molecule has 2 saturated heterocycles. The van der Waals surface area contributed by atoms with E-state index in [0.717, 1.165) is 37.4 Å². The molecule has 2 aromatic rings. The van der Waals surface area contributed by atoms with Crippen LogP contribution in [0, 0.1) is 10.1 Å². The Balaban J connectivity index is 1.59.